The molecule has 2 aliphatic heterocycles. The van der Waals surface area contributed by atoms with Crippen molar-refractivity contribution >= 4 is 29.2 Å². The lowest BCUT2D eigenvalue weighted by Gasteiger charge is -2.40. The molecule has 1 amide bonds. The van der Waals surface area contributed by atoms with Gasteiger partial charge in [-0.1, -0.05) is 6.08 Å². The number of carbonyl (C=O) groups is 1. The molecule has 2 aromatic rings. The Morgan fingerprint density at radius 2 is 2.24 bits per heavy atom. The number of methoxy groups -OCH3 is 1. The molecule has 1 N–H and O–H groups in total. The molecule has 0 aromatic carbocycles. The molecule has 1 saturated heterocycles. The van der Waals surface area contributed by atoms with Gasteiger partial charge in [0.2, 0.25) is 0 Å². The fourth-order valence-electron chi connectivity index (χ4n) is 3.13. The summed E-state index contributed by atoms with van der Waals surface area (Å²) < 4.78 is 6.45. The number of nitrogens with one attached hydrogen (secondary N) is 1. The summed E-state index contributed by atoms with van der Waals surface area (Å²) in [5.41, 5.74) is 2.72. The molecule has 2 aliphatic rings. The Balaban J connectivity index is 1.67. The lowest BCUT2D eigenvalue weighted by molar-refractivity contribution is 0.164. The average Bonchev–Trinajstić information content (AvgIpc) is 2.96. The number of fused-ring (bicyclic) bond motifs is 1. The Morgan fingerprint density at radius 1 is 1.40 bits per heavy atom. The lowest BCUT2D eigenvalue weighted by atomic mass is 10.1. The van der Waals surface area contributed by atoms with Gasteiger partial charge in [-0.2, -0.15) is 5.10 Å². The number of ether oxygens (including phenoxy) is 1. The van der Waals surface area contributed by atoms with Crippen molar-refractivity contribution in [2.45, 2.75) is 19.4 Å². The first-order chi connectivity index (χ1) is 12.2. The number of hydrogen-bond donors (Lipinski definition) is 1. The standard InChI is InChI=1S/C16H19N7O2/c1-10-20-13(11-4-3-5-17-6-11)14-15(18-9-19-23(10)14)22-7-12(8-22)21-16(24)25-2/h4,6,9,12H,3,5,7-8H2,1-2H3,(H,21,24). The van der Waals surface area contributed by atoms with Crippen molar-refractivity contribution in [3.05, 3.63) is 23.9 Å². The number of hydrogen-bond acceptors (Lipinski definition) is 7. The smallest absolute Gasteiger partial charge is 0.407 e. The average molecular weight is 341 g/mol. The third-order valence-electron chi connectivity index (χ3n) is 4.39. The molecule has 2 aromatic heterocycles. The van der Waals surface area contributed by atoms with Gasteiger partial charge in [-0.3, -0.25) is 4.99 Å². The molecule has 9 nitrogen and oxygen atoms in total. The van der Waals surface area contributed by atoms with Crippen LogP contribution in [0.1, 0.15) is 17.9 Å². The van der Waals surface area contributed by atoms with Crippen molar-refractivity contribution in [3.63, 3.8) is 0 Å². The van der Waals surface area contributed by atoms with Crippen LogP contribution in [0.3, 0.4) is 0 Å². The summed E-state index contributed by atoms with van der Waals surface area (Å²) in [5.74, 6) is 1.62. The Bertz CT molecular complexity index is 880. The third-order valence-corrected chi connectivity index (χ3v) is 4.39. The third kappa shape index (κ3) is 2.71. The maximum atomic E-state index is 11.3. The lowest BCUT2D eigenvalue weighted by Crippen LogP contribution is -2.59. The number of amides is 1. The van der Waals surface area contributed by atoms with Crippen LogP contribution in [0.25, 0.3) is 11.1 Å². The van der Waals surface area contributed by atoms with E-state index in [1.54, 1.807) is 0 Å². The van der Waals surface area contributed by atoms with E-state index < -0.39 is 6.09 Å². The van der Waals surface area contributed by atoms with Crippen LogP contribution in [0.15, 0.2) is 17.4 Å². The van der Waals surface area contributed by atoms with E-state index in [0.717, 1.165) is 41.4 Å². The van der Waals surface area contributed by atoms with Gasteiger partial charge in [0.15, 0.2) is 5.82 Å². The normalized spacial score (nSPS) is 17.4. The van der Waals surface area contributed by atoms with Crippen molar-refractivity contribution in [3.8, 4) is 0 Å². The zero-order valence-corrected chi connectivity index (χ0v) is 14.1. The van der Waals surface area contributed by atoms with E-state index in [9.17, 15) is 4.79 Å². The first-order valence-corrected chi connectivity index (χ1v) is 8.17. The van der Waals surface area contributed by atoms with E-state index in [1.807, 2.05) is 17.7 Å². The Kier molecular flexibility index (Phi) is 3.83. The number of dihydropyridines is 1. The van der Waals surface area contributed by atoms with E-state index in [-0.39, 0.29) is 6.04 Å². The van der Waals surface area contributed by atoms with Crippen molar-refractivity contribution in [1.29, 1.82) is 0 Å². The summed E-state index contributed by atoms with van der Waals surface area (Å²) in [6.07, 6.45) is 6.03. The van der Waals surface area contributed by atoms with Gasteiger partial charge in [-0.25, -0.2) is 19.3 Å². The van der Waals surface area contributed by atoms with E-state index in [1.165, 1.54) is 13.4 Å². The van der Waals surface area contributed by atoms with Crippen LogP contribution in [-0.2, 0) is 4.74 Å². The summed E-state index contributed by atoms with van der Waals surface area (Å²) in [5, 5.41) is 7.13. The van der Waals surface area contributed by atoms with Crippen molar-refractivity contribution in [2.24, 2.45) is 4.99 Å². The number of allylic oxidation sites excluding steroid dienone is 1. The largest absolute Gasteiger partial charge is 0.453 e. The summed E-state index contributed by atoms with van der Waals surface area (Å²) in [6.45, 7) is 4.06. The Labute approximate surface area is 144 Å². The molecule has 0 aliphatic carbocycles. The highest BCUT2D eigenvalue weighted by Gasteiger charge is 2.32. The minimum absolute atomic E-state index is 0.0467. The number of aromatic nitrogens is 4. The molecule has 25 heavy (non-hydrogen) atoms. The highest BCUT2D eigenvalue weighted by Crippen LogP contribution is 2.30. The fraction of sp³-hybridized carbons (Fsp3) is 0.438. The Morgan fingerprint density at radius 3 is 2.96 bits per heavy atom. The number of aryl methyl sites for hydroxylation is 1. The van der Waals surface area contributed by atoms with Gasteiger partial charge >= 0.3 is 6.09 Å². The van der Waals surface area contributed by atoms with Crippen LogP contribution in [0.4, 0.5) is 10.6 Å². The summed E-state index contributed by atoms with van der Waals surface area (Å²) >= 11 is 0. The predicted molar refractivity (Wildman–Crippen MR) is 93.0 cm³/mol. The van der Waals surface area contributed by atoms with Gasteiger partial charge < -0.3 is 15.0 Å². The van der Waals surface area contributed by atoms with Gasteiger partial charge in [0.1, 0.15) is 23.4 Å². The van der Waals surface area contributed by atoms with Gasteiger partial charge in [0, 0.05) is 31.4 Å². The second kappa shape index (κ2) is 6.15. The first kappa shape index (κ1) is 15.6. The molecule has 4 rings (SSSR count). The number of anilines is 1. The number of rotatable bonds is 3. The minimum Gasteiger partial charge on any atom is -0.453 e. The zero-order chi connectivity index (χ0) is 17.4. The van der Waals surface area contributed by atoms with Crippen LogP contribution >= 0.6 is 0 Å². The first-order valence-electron chi connectivity index (χ1n) is 8.17. The molecule has 130 valence electrons. The van der Waals surface area contributed by atoms with Crippen LogP contribution in [0.2, 0.25) is 0 Å². The maximum absolute atomic E-state index is 11.3. The van der Waals surface area contributed by atoms with Crippen molar-refractivity contribution < 1.29 is 9.53 Å². The molecule has 9 heteroatoms. The molecule has 1 fully saturated rings. The van der Waals surface area contributed by atoms with E-state index in [4.69, 9.17) is 0 Å². The molecule has 0 spiro atoms. The zero-order valence-electron chi connectivity index (χ0n) is 14.1. The SMILES string of the molecule is COC(=O)NC1CN(c2ncnn3c(C)nc(C4=CCCN=C4)c23)C1. The van der Waals surface area contributed by atoms with Gasteiger partial charge in [0.25, 0.3) is 0 Å². The maximum Gasteiger partial charge on any atom is 0.407 e. The van der Waals surface area contributed by atoms with Crippen LogP contribution in [-0.4, -0.2) is 64.7 Å². The number of nitrogens with zero attached hydrogens (tertiary/aromatic N) is 6. The van der Waals surface area contributed by atoms with E-state index >= 15 is 0 Å². The number of carbonyl (C=O) groups excluding carboxylic acids is 1. The summed E-state index contributed by atoms with van der Waals surface area (Å²) in [7, 11) is 1.36. The molecular formula is C16H19N7O2. The van der Waals surface area contributed by atoms with E-state index in [0.29, 0.717) is 13.1 Å². The highest BCUT2D eigenvalue weighted by atomic mass is 16.5. The molecular weight excluding hydrogens is 322 g/mol. The number of aliphatic imine (C=N–C) groups is 1. The highest BCUT2D eigenvalue weighted by molar-refractivity contribution is 6.13. The number of alkyl carbamates (subject to hydrolysis) is 1. The quantitative estimate of drug-likeness (QED) is 0.888. The Hall–Kier alpha value is -2.97. The van der Waals surface area contributed by atoms with Crippen molar-refractivity contribution in [2.75, 3.05) is 31.6 Å². The number of imidazole rings is 1. The molecule has 0 atom stereocenters. The van der Waals surface area contributed by atoms with Gasteiger partial charge in [-0.05, 0) is 13.3 Å². The monoisotopic (exact) mass is 341 g/mol. The van der Waals surface area contributed by atoms with Gasteiger partial charge in [-0.15, -0.1) is 0 Å². The van der Waals surface area contributed by atoms with Gasteiger partial charge in [0.05, 0.1) is 13.2 Å². The second-order valence-corrected chi connectivity index (χ2v) is 6.07. The second-order valence-electron chi connectivity index (χ2n) is 6.07. The minimum atomic E-state index is -0.415. The molecule has 0 radical (unpaired) electrons. The molecule has 0 bridgehead atoms. The molecule has 4 heterocycles. The molecule has 0 unspecified atom stereocenters. The van der Waals surface area contributed by atoms with Crippen LogP contribution < -0.4 is 10.2 Å². The van der Waals surface area contributed by atoms with Crippen molar-refractivity contribution in [1.82, 2.24) is 24.9 Å². The molecule has 0 saturated carbocycles. The fourth-order valence-corrected chi connectivity index (χ4v) is 3.13. The summed E-state index contributed by atoms with van der Waals surface area (Å²) in [6, 6.07) is 0.0467. The predicted octanol–water partition coefficient (Wildman–Crippen LogP) is 0.835. The van der Waals surface area contributed by atoms with Crippen LogP contribution in [0.5, 0.6) is 0 Å². The topological polar surface area (TPSA) is 97.0 Å². The summed E-state index contributed by atoms with van der Waals surface area (Å²) in [4.78, 5) is 26.9. The van der Waals surface area contributed by atoms with Crippen LogP contribution in [0, 0.1) is 6.92 Å². The van der Waals surface area contributed by atoms with E-state index in [2.05, 4.69) is 41.1 Å².